The molecule has 106 valence electrons. The van der Waals surface area contributed by atoms with Crippen molar-refractivity contribution in [2.45, 2.75) is 6.92 Å². The van der Waals surface area contributed by atoms with Crippen molar-refractivity contribution in [1.82, 2.24) is 0 Å². The summed E-state index contributed by atoms with van der Waals surface area (Å²) < 4.78 is 16.1. The molecule has 0 bridgehead atoms. The lowest BCUT2D eigenvalue weighted by molar-refractivity contribution is 0.102. The predicted molar refractivity (Wildman–Crippen MR) is 78.5 cm³/mol. The fourth-order valence-corrected chi connectivity index (χ4v) is 2.09. The second kappa shape index (κ2) is 6.47. The van der Waals surface area contributed by atoms with Gasteiger partial charge in [0.1, 0.15) is 0 Å². The van der Waals surface area contributed by atoms with E-state index in [9.17, 15) is 4.79 Å². The van der Waals surface area contributed by atoms with E-state index in [-0.39, 0.29) is 5.91 Å². The summed E-state index contributed by atoms with van der Waals surface area (Å²) >= 11 is 3.17. The molecule has 6 heteroatoms. The molecule has 1 heterocycles. The molecular formula is C14H14BrNO4. The summed E-state index contributed by atoms with van der Waals surface area (Å²) in [5, 5.41) is 2.76. The molecule has 0 aliphatic carbocycles. The smallest absolute Gasteiger partial charge is 0.260 e. The zero-order valence-electron chi connectivity index (χ0n) is 11.1. The summed E-state index contributed by atoms with van der Waals surface area (Å²) in [4.78, 5) is 12.0. The number of anilines is 1. The maximum atomic E-state index is 12.0. The molecule has 0 aliphatic heterocycles. The van der Waals surface area contributed by atoms with Crippen LogP contribution in [0.3, 0.4) is 0 Å². The number of hydrogen-bond acceptors (Lipinski definition) is 4. The fraction of sp³-hybridized carbons (Fsp3) is 0.214. The Labute approximate surface area is 125 Å². The van der Waals surface area contributed by atoms with Crippen LogP contribution in [0.4, 0.5) is 5.69 Å². The molecule has 0 unspecified atom stereocenters. The van der Waals surface area contributed by atoms with Gasteiger partial charge in [-0.25, -0.2) is 0 Å². The quantitative estimate of drug-likeness (QED) is 0.902. The summed E-state index contributed by atoms with van der Waals surface area (Å²) in [6.45, 7) is 2.44. The molecule has 0 aliphatic rings. The minimum absolute atomic E-state index is 0.267. The molecular weight excluding hydrogens is 326 g/mol. The first-order chi connectivity index (χ1) is 9.65. The molecule has 0 saturated heterocycles. The number of methoxy groups -OCH3 is 1. The van der Waals surface area contributed by atoms with E-state index in [4.69, 9.17) is 13.9 Å². The van der Waals surface area contributed by atoms with Crippen LogP contribution in [-0.4, -0.2) is 19.6 Å². The van der Waals surface area contributed by atoms with Crippen LogP contribution >= 0.6 is 15.9 Å². The Morgan fingerprint density at radius 3 is 2.75 bits per heavy atom. The minimum atomic E-state index is -0.267. The van der Waals surface area contributed by atoms with E-state index in [0.717, 1.165) is 0 Å². The minimum Gasteiger partial charge on any atom is -0.493 e. The Morgan fingerprint density at radius 2 is 2.15 bits per heavy atom. The van der Waals surface area contributed by atoms with E-state index in [0.29, 0.717) is 34.0 Å². The second-order valence-electron chi connectivity index (χ2n) is 3.86. The number of furan rings is 1. The third-order valence-electron chi connectivity index (χ3n) is 2.58. The topological polar surface area (TPSA) is 60.7 Å². The van der Waals surface area contributed by atoms with Gasteiger partial charge in [-0.3, -0.25) is 4.79 Å². The van der Waals surface area contributed by atoms with Crippen molar-refractivity contribution in [2.75, 3.05) is 19.0 Å². The molecule has 0 spiro atoms. The van der Waals surface area contributed by atoms with Gasteiger partial charge in [0.15, 0.2) is 16.2 Å². The first kappa shape index (κ1) is 14.5. The average molecular weight is 340 g/mol. The number of halogens is 1. The summed E-state index contributed by atoms with van der Waals surface area (Å²) in [6.07, 6.45) is 1.44. The molecule has 2 aromatic rings. The van der Waals surface area contributed by atoms with Crippen molar-refractivity contribution in [3.05, 3.63) is 40.8 Å². The van der Waals surface area contributed by atoms with E-state index < -0.39 is 0 Å². The molecule has 0 radical (unpaired) electrons. The lowest BCUT2D eigenvalue weighted by Gasteiger charge is -2.11. The van der Waals surface area contributed by atoms with Crippen LogP contribution in [0.15, 0.2) is 39.6 Å². The van der Waals surface area contributed by atoms with Gasteiger partial charge in [0.05, 0.1) is 25.5 Å². The number of amides is 1. The molecule has 1 amide bonds. The van der Waals surface area contributed by atoms with E-state index in [1.807, 2.05) is 6.92 Å². The summed E-state index contributed by atoms with van der Waals surface area (Å²) in [7, 11) is 1.55. The van der Waals surface area contributed by atoms with Crippen molar-refractivity contribution in [1.29, 1.82) is 0 Å². The monoisotopic (exact) mass is 339 g/mol. The highest BCUT2D eigenvalue weighted by atomic mass is 79.9. The van der Waals surface area contributed by atoms with Gasteiger partial charge in [-0.1, -0.05) is 0 Å². The molecule has 2 rings (SSSR count). The van der Waals surface area contributed by atoms with Crippen LogP contribution in [0, 0.1) is 0 Å². The van der Waals surface area contributed by atoms with Gasteiger partial charge in [0.25, 0.3) is 5.91 Å². The fourth-order valence-electron chi connectivity index (χ4n) is 1.67. The molecule has 1 N–H and O–H groups in total. The Morgan fingerprint density at radius 1 is 1.35 bits per heavy atom. The number of carbonyl (C=O) groups excluding carboxylic acids is 1. The van der Waals surface area contributed by atoms with Crippen LogP contribution in [0.1, 0.15) is 17.3 Å². The molecule has 1 aromatic heterocycles. The molecule has 0 fully saturated rings. The van der Waals surface area contributed by atoms with Gasteiger partial charge in [0, 0.05) is 11.8 Å². The molecule has 5 nitrogen and oxygen atoms in total. The summed E-state index contributed by atoms with van der Waals surface area (Å²) in [5.74, 6) is 0.935. The van der Waals surface area contributed by atoms with Crippen LogP contribution in [0.2, 0.25) is 0 Å². The van der Waals surface area contributed by atoms with Gasteiger partial charge in [0.2, 0.25) is 0 Å². The number of rotatable bonds is 5. The Kier molecular flexibility index (Phi) is 4.68. The Balaban J connectivity index is 2.18. The van der Waals surface area contributed by atoms with Crippen molar-refractivity contribution < 1.29 is 18.7 Å². The lowest BCUT2D eigenvalue weighted by atomic mass is 10.2. The highest BCUT2D eigenvalue weighted by Crippen LogP contribution is 2.30. The van der Waals surface area contributed by atoms with Crippen molar-refractivity contribution in [2.24, 2.45) is 0 Å². The molecule has 1 aromatic carbocycles. The molecule has 0 atom stereocenters. The standard InChI is InChI=1S/C14H14BrNO4/c1-3-19-11-5-4-9(8-12(11)18-2)16-14(17)10-6-7-20-13(10)15/h4-8H,3H2,1-2H3,(H,16,17). The maximum Gasteiger partial charge on any atom is 0.260 e. The molecule has 0 saturated carbocycles. The van der Waals surface area contributed by atoms with Gasteiger partial charge >= 0.3 is 0 Å². The van der Waals surface area contributed by atoms with Crippen LogP contribution in [0.5, 0.6) is 11.5 Å². The SMILES string of the molecule is CCOc1ccc(NC(=O)c2ccoc2Br)cc1OC. The highest BCUT2D eigenvalue weighted by molar-refractivity contribution is 9.10. The number of nitrogens with one attached hydrogen (secondary N) is 1. The lowest BCUT2D eigenvalue weighted by Crippen LogP contribution is -2.11. The van der Waals surface area contributed by atoms with E-state index >= 15 is 0 Å². The number of carbonyl (C=O) groups is 1. The van der Waals surface area contributed by atoms with Gasteiger partial charge in [-0.15, -0.1) is 0 Å². The summed E-state index contributed by atoms with van der Waals surface area (Å²) in [5.41, 5.74) is 1.04. The Hall–Kier alpha value is -1.95. The second-order valence-corrected chi connectivity index (χ2v) is 4.58. The van der Waals surface area contributed by atoms with E-state index in [2.05, 4.69) is 21.2 Å². The number of ether oxygens (including phenoxy) is 2. The Bertz CT molecular complexity index is 609. The average Bonchev–Trinajstić information content (AvgIpc) is 2.87. The number of benzene rings is 1. The van der Waals surface area contributed by atoms with Crippen LogP contribution in [0.25, 0.3) is 0 Å². The van der Waals surface area contributed by atoms with Crippen molar-refractivity contribution in [3.8, 4) is 11.5 Å². The normalized spacial score (nSPS) is 10.2. The van der Waals surface area contributed by atoms with E-state index in [1.54, 1.807) is 31.4 Å². The van der Waals surface area contributed by atoms with E-state index in [1.165, 1.54) is 6.26 Å². The number of hydrogen-bond donors (Lipinski definition) is 1. The zero-order valence-corrected chi connectivity index (χ0v) is 12.7. The van der Waals surface area contributed by atoms with Crippen molar-refractivity contribution in [3.63, 3.8) is 0 Å². The summed E-state index contributed by atoms with van der Waals surface area (Å²) in [6, 6.07) is 6.80. The van der Waals surface area contributed by atoms with Crippen LogP contribution < -0.4 is 14.8 Å². The largest absolute Gasteiger partial charge is 0.493 e. The predicted octanol–water partition coefficient (Wildman–Crippen LogP) is 3.70. The van der Waals surface area contributed by atoms with Gasteiger partial charge in [-0.2, -0.15) is 0 Å². The van der Waals surface area contributed by atoms with Gasteiger partial charge < -0.3 is 19.2 Å². The van der Waals surface area contributed by atoms with Gasteiger partial charge in [-0.05, 0) is 41.1 Å². The maximum absolute atomic E-state index is 12.0. The first-order valence-electron chi connectivity index (χ1n) is 6.01. The first-order valence-corrected chi connectivity index (χ1v) is 6.80. The van der Waals surface area contributed by atoms with Crippen LogP contribution in [-0.2, 0) is 0 Å². The molecule has 20 heavy (non-hydrogen) atoms. The third-order valence-corrected chi connectivity index (χ3v) is 3.20. The third kappa shape index (κ3) is 3.14. The highest BCUT2D eigenvalue weighted by Gasteiger charge is 2.14. The zero-order chi connectivity index (χ0) is 14.5. The van der Waals surface area contributed by atoms with Crippen molar-refractivity contribution >= 4 is 27.5 Å².